The first-order valence-electron chi connectivity index (χ1n) is 4.77. The van der Waals surface area contributed by atoms with Crippen molar-refractivity contribution < 1.29 is 31.8 Å². The third-order valence-corrected chi connectivity index (χ3v) is 2.17. The van der Waals surface area contributed by atoms with E-state index in [9.17, 15) is 22.0 Å². The molecule has 0 unspecified atom stereocenters. The van der Waals surface area contributed by atoms with Crippen LogP contribution in [0.4, 0.5) is 22.0 Å². The number of ether oxygens (including phenoxy) is 1. The van der Waals surface area contributed by atoms with Crippen LogP contribution in [0.3, 0.4) is 0 Å². The fraction of sp³-hybridized carbons (Fsp3) is 0.400. The summed E-state index contributed by atoms with van der Waals surface area (Å²) in [6.07, 6.45) is -7.81. The van der Waals surface area contributed by atoms with Gasteiger partial charge in [0, 0.05) is 5.56 Å². The lowest BCUT2D eigenvalue weighted by atomic mass is 10.0. The summed E-state index contributed by atoms with van der Waals surface area (Å²) in [6, 6.07) is 2.83. The van der Waals surface area contributed by atoms with Crippen LogP contribution in [0.2, 0.25) is 0 Å². The van der Waals surface area contributed by atoms with Gasteiger partial charge in [0.25, 0.3) is 0 Å². The number of hydrogen-bond donors (Lipinski definition) is 2. The van der Waals surface area contributed by atoms with Gasteiger partial charge in [0.15, 0.2) is 6.10 Å². The van der Waals surface area contributed by atoms with E-state index in [-0.39, 0.29) is 18.0 Å². The fourth-order valence-electron chi connectivity index (χ4n) is 1.33. The second-order valence-corrected chi connectivity index (χ2v) is 3.43. The molecular weight excluding hydrogens is 297 g/mol. The van der Waals surface area contributed by atoms with Crippen LogP contribution in [0.25, 0.3) is 0 Å². The van der Waals surface area contributed by atoms with Crippen LogP contribution in [0.1, 0.15) is 11.6 Å². The first-order valence-corrected chi connectivity index (χ1v) is 4.77. The van der Waals surface area contributed by atoms with Crippen LogP contribution < -0.4 is 10.5 Å². The monoisotopic (exact) mass is 307 g/mol. The summed E-state index contributed by atoms with van der Waals surface area (Å²) in [7, 11) is 0. The van der Waals surface area contributed by atoms with Gasteiger partial charge in [0.1, 0.15) is 5.75 Å². The number of rotatable bonds is 4. The highest BCUT2D eigenvalue weighted by molar-refractivity contribution is 5.85. The Hall–Kier alpha value is -1.12. The third-order valence-electron chi connectivity index (χ3n) is 2.17. The van der Waals surface area contributed by atoms with Crippen LogP contribution in [0.5, 0.6) is 5.75 Å². The van der Waals surface area contributed by atoms with E-state index in [1.165, 1.54) is 12.1 Å². The minimum absolute atomic E-state index is 0. The summed E-state index contributed by atoms with van der Waals surface area (Å²) in [4.78, 5) is 0. The molecule has 0 spiro atoms. The third kappa shape index (κ3) is 4.81. The lowest BCUT2D eigenvalue weighted by Crippen LogP contribution is -2.39. The molecule has 0 saturated heterocycles. The fourth-order valence-corrected chi connectivity index (χ4v) is 1.33. The summed E-state index contributed by atoms with van der Waals surface area (Å²) in [5, 5.41) is 8.97. The van der Waals surface area contributed by atoms with Crippen LogP contribution in [-0.2, 0) is 0 Å². The van der Waals surface area contributed by atoms with Crippen LogP contribution in [0.15, 0.2) is 24.3 Å². The van der Waals surface area contributed by atoms with Crippen LogP contribution in [0, 0.1) is 0 Å². The van der Waals surface area contributed by atoms with Crippen molar-refractivity contribution in [1.29, 1.82) is 0 Å². The molecule has 0 heterocycles. The quantitative estimate of drug-likeness (QED) is 0.841. The van der Waals surface area contributed by atoms with Crippen molar-refractivity contribution in [2.45, 2.75) is 24.9 Å². The molecular formula is C10H11ClF5NO2. The largest absolute Gasteiger partial charge is 0.434 e. The first kappa shape index (κ1) is 17.9. The maximum absolute atomic E-state index is 12.3. The van der Waals surface area contributed by atoms with Crippen molar-refractivity contribution in [1.82, 2.24) is 0 Å². The van der Waals surface area contributed by atoms with E-state index < -0.39 is 30.7 Å². The highest BCUT2D eigenvalue weighted by Gasteiger charge is 2.43. The number of aliphatic hydroxyl groups excluding tert-OH is 1. The zero-order valence-corrected chi connectivity index (χ0v) is 10.1. The number of halogens is 6. The minimum atomic E-state index is -4.95. The highest BCUT2D eigenvalue weighted by Crippen LogP contribution is 2.33. The topological polar surface area (TPSA) is 55.5 Å². The number of benzene rings is 1. The van der Waals surface area contributed by atoms with Gasteiger partial charge >= 0.3 is 12.8 Å². The summed E-state index contributed by atoms with van der Waals surface area (Å²) in [6.45, 7) is -3.19. The number of aliphatic hydroxyl groups is 1. The van der Waals surface area contributed by atoms with Crippen molar-refractivity contribution in [3.05, 3.63) is 29.8 Å². The Morgan fingerprint density at radius 3 is 2.16 bits per heavy atom. The Labute approximate surface area is 111 Å². The molecule has 0 aromatic heterocycles. The molecule has 0 amide bonds. The molecule has 1 rings (SSSR count). The molecule has 0 radical (unpaired) electrons. The predicted molar refractivity (Wildman–Crippen MR) is 59.3 cm³/mol. The van der Waals surface area contributed by atoms with Gasteiger partial charge in [-0.1, -0.05) is 18.2 Å². The second-order valence-electron chi connectivity index (χ2n) is 3.43. The summed E-state index contributed by atoms with van der Waals surface area (Å²) in [5.41, 5.74) is 4.86. The molecule has 0 aliphatic carbocycles. The lowest BCUT2D eigenvalue weighted by molar-refractivity contribution is -0.210. The van der Waals surface area contributed by atoms with Gasteiger partial charge in [-0.05, 0) is 6.07 Å². The Balaban J connectivity index is 0.00000324. The highest BCUT2D eigenvalue weighted by atomic mass is 35.5. The molecule has 0 fully saturated rings. The molecule has 0 aliphatic rings. The van der Waals surface area contributed by atoms with E-state index in [0.717, 1.165) is 12.1 Å². The Kier molecular flexibility index (Phi) is 6.47. The van der Waals surface area contributed by atoms with Crippen molar-refractivity contribution in [3.63, 3.8) is 0 Å². The van der Waals surface area contributed by atoms with Gasteiger partial charge in [-0.15, -0.1) is 12.4 Å². The molecule has 0 aliphatic heterocycles. The van der Waals surface area contributed by atoms with E-state index in [1.54, 1.807) is 0 Å². The molecule has 9 heteroatoms. The van der Waals surface area contributed by atoms with Crippen LogP contribution >= 0.6 is 12.4 Å². The van der Waals surface area contributed by atoms with Crippen LogP contribution in [-0.4, -0.2) is 24.0 Å². The normalized spacial score (nSPS) is 14.7. The molecule has 0 bridgehead atoms. The van der Waals surface area contributed by atoms with Crippen molar-refractivity contribution in [3.8, 4) is 5.75 Å². The van der Waals surface area contributed by atoms with E-state index in [0.29, 0.717) is 0 Å². The smallest absolute Gasteiger partial charge is 0.416 e. The summed E-state index contributed by atoms with van der Waals surface area (Å²) < 4.78 is 64.9. The SMILES string of the molecule is Cl.N[C@@H](c1ccccc1OC(F)F)[C@H](O)C(F)(F)F. The first-order chi connectivity index (χ1) is 8.23. The minimum Gasteiger partial charge on any atom is -0.434 e. The Morgan fingerprint density at radius 1 is 1.16 bits per heavy atom. The van der Waals surface area contributed by atoms with Crippen molar-refractivity contribution in [2.75, 3.05) is 0 Å². The van der Waals surface area contributed by atoms with Gasteiger partial charge in [-0.25, -0.2) is 0 Å². The Bertz CT molecular complexity index is 402. The zero-order chi connectivity index (χ0) is 13.9. The van der Waals surface area contributed by atoms with Crippen molar-refractivity contribution in [2.24, 2.45) is 5.73 Å². The molecule has 3 N–H and O–H groups in total. The van der Waals surface area contributed by atoms with E-state index >= 15 is 0 Å². The van der Waals surface area contributed by atoms with E-state index in [4.69, 9.17) is 10.8 Å². The average molecular weight is 308 g/mol. The Morgan fingerprint density at radius 2 is 1.68 bits per heavy atom. The van der Waals surface area contributed by atoms with Gasteiger partial charge in [0.2, 0.25) is 0 Å². The number of alkyl halides is 5. The zero-order valence-electron chi connectivity index (χ0n) is 9.27. The van der Waals surface area contributed by atoms with Crippen molar-refractivity contribution >= 4 is 12.4 Å². The lowest BCUT2D eigenvalue weighted by Gasteiger charge is -2.23. The maximum atomic E-state index is 12.3. The molecule has 110 valence electrons. The van der Waals surface area contributed by atoms with Gasteiger partial charge in [-0.3, -0.25) is 0 Å². The maximum Gasteiger partial charge on any atom is 0.416 e. The number of para-hydroxylation sites is 1. The molecule has 3 nitrogen and oxygen atoms in total. The predicted octanol–water partition coefficient (Wildman–Crippen LogP) is 2.63. The number of nitrogens with two attached hydrogens (primary N) is 1. The summed E-state index contributed by atoms with van der Waals surface area (Å²) >= 11 is 0. The van der Waals surface area contributed by atoms with Gasteiger partial charge < -0.3 is 15.6 Å². The molecule has 19 heavy (non-hydrogen) atoms. The molecule has 1 aromatic rings. The molecule has 1 aromatic carbocycles. The standard InChI is InChI=1S/C10H10F5NO2.ClH/c11-9(12)18-6-4-2-1-3-5(6)7(16)8(17)10(13,14)15;/h1-4,7-9,17H,16H2;1H/t7-,8-;/m0./s1. The molecule has 0 saturated carbocycles. The van der Waals surface area contributed by atoms with E-state index in [2.05, 4.69) is 4.74 Å². The van der Waals surface area contributed by atoms with Gasteiger partial charge in [0.05, 0.1) is 6.04 Å². The molecule has 2 atom stereocenters. The second kappa shape index (κ2) is 6.88. The average Bonchev–Trinajstić information content (AvgIpc) is 2.26. The summed E-state index contributed by atoms with van der Waals surface area (Å²) in [5.74, 6) is -0.497. The van der Waals surface area contributed by atoms with E-state index in [1.807, 2.05) is 0 Å². The number of hydrogen-bond acceptors (Lipinski definition) is 3. The van der Waals surface area contributed by atoms with Gasteiger partial charge in [-0.2, -0.15) is 22.0 Å².